The van der Waals surface area contributed by atoms with Crippen molar-refractivity contribution in [3.63, 3.8) is 0 Å². The summed E-state index contributed by atoms with van der Waals surface area (Å²) in [5, 5.41) is 8.18. The van der Waals surface area contributed by atoms with Crippen molar-refractivity contribution in [1.82, 2.24) is 10.2 Å². The van der Waals surface area contributed by atoms with Crippen LogP contribution < -0.4 is 15.2 Å². The molecule has 1 saturated heterocycles. The number of carbonyl (C=O) groups is 1. The topological polar surface area (TPSA) is 102 Å². The lowest BCUT2D eigenvalue weighted by Crippen LogP contribution is -2.40. The van der Waals surface area contributed by atoms with Crippen LogP contribution in [0.1, 0.15) is 55.8 Å². The van der Waals surface area contributed by atoms with E-state index in [1.165, 1.54) is 17.7 Å². The molecule has 8 heteroatoms. The van der Waals surface area contributed by atoms with E-state index >= 15 is 0 Å². The molecule has 0 bridgehead atoms. The summed E-state index contributed by atoms with van der Waals surface area (Å²) < 4.78 is 28.1. The number of primary sulfonamides is 1. The molecule has 0 saturated carbocycles. The third-order valence-electron chi connectivity index (χ3n) is 5.80. The number of hydrogen-bond acceptors (Lipinski definition) is 5. The maximum atomic E-state index is 12.8. The van der Waals surface area contributed by atoms with Gasteiger partial charge >= 0.3 is 0 Å². The lowest BCUT2D eigenvalue weighted by Gasteiger charge is -2.30. The second-order valence-corrected chi connectivity index (χ2v) is 9.57. The molecule has 3 rings (SSSR count). The summed E-state index contributed by atoms with van der Waals surface area (Å²) >= 11 is 0. The van der Waals surface area contributed by atoms with Gasteiger partial charge in [-0.1, -0.05) is 37.1 Å². The van der Waals surface area contributed by atoms with Crippen molar-refractivity contribution in [3.05, 3.63) is 59.7 Å². The Morgan fingerprint density at radius 2 is 1.81 bits per heavy atom. The summed E-state index contributed by atoms with van der Waals surface area (Å²) in [6.45, 7) is 3.07. The number of sulfonamides is 1. The zero-order valence-electron chi connectivity index (χ0n) is 18.1. The molecule has 1 aliphatic rings. The van der Waals surface area contributed by atoms with Crippen LogP contribution in [0.25, 0.3) is 0 Å². The zero-order valence-corrected chi connectivity index (χ0v) is 18.9. The van der Waals surface area contributed by atoms with Crippen molar-refractivity contribution >= 4 is 15.9 Å². The minimum absolute atomic E-state index is 0.0524. The Morgan fingerprint density at radius 3 is 2.42 bits per heavy atom. The normalized spacial score (nSPS) is 18.7. The van der Waals surface area contributed by atoms with E-state index in [1.54, 1.807) is 19.2 Å². The number of nitrogens with two attached hydrogens (primary N) is 1. The number of hydrogen-bond donors (Lipinski definition) is 2. The van der Waals surface area contributed by atoms with Crippen LogP contribution in [0, 0.1) is 0 Å². The highest BCUT2D eigenvalue weighted by atomic mass is 32.2. The maximum Gasteiger partial charge on any atom is 0.238 e. The first-order valence-electron chi connectivity index (χ1n) is 10.6. The molecular formula is C23H31N3O4S. The SMILES string of the molecule is COc1ccc([C@H]2CCCCCN2CC(=O)N[C@@H](C)c2ccc(S(N)(=O)=O)cc2)cc1. The number of rotatable bonds is 7. The molecule has 2 aromatic rings. The number of carbonyl (C=O) groups excluding carboxylic acids is 1. The van der Waals surface area contributed by atoms with Crippen LogP contribution in [0.4, 0.5) is 0 Å². The molecule has 1 heterocycles. The number of nitrogens with one attached hydrogen (secondary N) is 1. The number of nitrogens with zero attached hydrogens (tertiary/aromatic N) is 1. The summed E-state index contributed by atoms with van der Waals surface area (Å²) in [7, 11) is -2.08. The molecule has 1 amide bonds. The van der Waals surface area contributed by atoms with E-state index in [4.69, 9.17) is 9.88 Å². The molecule has 2 aromatic carbocycles. The van der Waals surface area contributed by atoms with E-state index in [0.717, 1.165) is 43.5 Å². The molecule has 0 unspecified atom stereocenters. The summed E-state index contributed by atoms with van der Waals surface area (Å²) in [5.41, 5.74) is 2.02. The van der Waals surface area contributed by atoms with E-state index in [0.29, 0.717) is 6.54 Å². The minimum Gasteiger partial charge on any atom is -0.497 e. The van der Waals surface area contributed by atoms with Gasteiger partial charge in [0.1, 0.15) is 5.75 Å². The van der Waals surface area contributed by atoms with Gasteiger partial charge in [0, 0.05) is 6.04 Å². The first-order valence-corrected chi connectivity index (χ1v) is 12.1. The van der Waals surface area contributed by atoms with Crippen LogP contribution in [0.5, 0.6) is 5.75 Å². The van der Waals surface area contributed by atoms with E-state index in [9.17, 15) is 13.2 Å². The van der Waals surface area contributed by atoms with Gasteiger partial charge in [0.25, 0.3) is 0 Å². The molecule has 1 aliphatic heterocycles. The van der Waals surface area contributed by atoms with Crippen LogP contribution >= 0.6 is 0 Å². The van der Waals surface area contributed by atoms with Crippen molar-refractivity contribution in [3.8, 4) is 5.75 Å². The fraction of sp³-hybridized carbons (Fsp3) is 0.435. The van der Waals surface area contributed by atoms with Crippen LogP contribution in [0.3, 0.4) is 0 Å². The molecular weight excluding hydrogens is 414 g/mol. The molecule has 0 aliphatic carbocycles. The van der Waals surface area contributed by atoms with E-state index in [2.05, 4.69) is 22.3 Å². The Kier molecular flexibility index (Phi) is 7.69. The highest BCUT2D eigenvalue weighted by Crippen LogP contribution is 2.31. The number of methoxy groups -OCH3 is 1. The van der Waals surface area contributed by atoms with Gasteiger partial charge < -0.3 is 10.1 Å². The van der Waals surface area contributed by atoms with Gasteiger partial charge in [-0.25, -0.2) is 13.6 Å². The predicted octanol–water partition coefficient (Wildman–Crippen LogP) is 3.14. The van der Waals surface area contributed by atoms with E-state index < -0.39 is 10.0 Å². The quantitative estimate of drug-likeness (QED) is 0.682. The molecule has 0 radical (unpaired) electrons. The Hall–Kier alpha value is -2.42. The monoisotopic (exact) mass is 445 g/mol. The highest BCUT2D eigenvalue weighted by Gasteiger charge is 2.25. The molecule has 2 atom stereocenters. The largest absolute Gasteiger partial charge is 0.497 e. The summed E-state index contributed by atoms with van der Waals surface area (Å²) in [5.74, 6) is 0.771. The van der Waals surface area contributed by atoms with Gasteiger partial charge in [-0.3, -0.25) is 9.69 Å². The fourth-order valence-electron chi connectivity index (χ4n) is 4.06. The maximum absolute atomic E-state index is 12.8. The van der Waals surface area contributed by atoms with Crippen molar-refractivity contribution in [2.75, 3.05) is 20.2 Å². The summed E-state index contributed by atoms with van der Waals surface area (Å²) in [6.07, 6.45) is 4.40. The van der Waals surface area contributed by atoms with Crippen molar-refractivity contribution in [2.45, 2.75) is 49.6 Å². The van der Waals surface area contributed by atoms with Crippen LogP contribution in [0.2, 0.25) is 0 Å². The predicted molar refractivity (Wildman–Crippen MR) is 120 cm³/mol. The lowest BCUT2D eigenvalue weighted by atomic mass is 10.0. The highest BCUT2D eigenvalue weighted by molar-refractivity contribution is 7.89. The Balaban J connectivity index is 1.66. The number of amides is 1. The molecule has 0 spiro atoms. The minimum atomic E-state index is -3.73. The van der Waals surface area contributed by atoms with Gasteiger partial charge in [-0.15, -0.1) is 0 Å². The van der Waals surface area contributed by atoms with Gasteiger partial charge in [0.05, 0.1) is 24.6 Å². The number of benzene rings is 2. The van der Waals surface area contributed by atoms with Crippen molar-refractivity contribution in [1.29, 1.82) is 0 Å². The van der Waals surface area contributed by atoms with Crippen molar-refractivity contribution in [2.24, 2.45) is 5.14 Å². The lowest BCUT2D eigenvalue weighted by molar-refractivity contribution is -0.123. The second-order valence-electron chi connectivity index (χ2n) is 8.01. The number of likely N-dealkylation sites (tertiary alicyclic amines) is 1. The molecule has 168 valence electrons. The smallest absolute Gasteiger partial charge is 0.238 e. The zero-order chi connectivity index (χ0) is 22.4. The second kappa shape index (κ2) is 10.3. The fourth-order valence-corrected chi connectivity index (χ4v) is 4.58. The molecule has 0 aromatic heterocycles. The van der Waals surface area contributed by atoms with E-state index in [1.807, 2.05) is 19.1 Å². The molecule has 3 N–H and O–H groups in total. The van der Waals surface area contributed by atoms with Gasteiger partial charge in [0.2, 0.25) is 15.9 Å². The first-order chi connectivity index (χ1) is 14.8. The summed E-state index contributed by atoms with van der Waals surface area (Å²) in [4.78, 5) is 15.1. The molecule has 31 heavy (non-hydrogen) atoms. The van der Waals surface area contributed by atoms with Gasteiger partial charge in [-0.2, -0.15) is 0 Å². The Labute approximate surface area is 184 Å². The number of ether oxygens (including phenoxy) is 1. The standard InChI is InChI=1S/C23H31N3O4S/c1-17(18-9-13-21(14-10-18)31(24,28)29)25-23(27)16-26-15-5-3-4-6-22(26)19-7-11-20(30-2)12-8-19/h7-14,17,22H,3-6,15-16H2,1-2H3,(H,25,27)(H2,24,28,29)/t17-,22+/m0/s1. The average Bonchev–Trinajstić information content (AvgIpc) is 2.98. The Morgan fingerprint density at radius 1 is 1.13 bits per heavy atom. The van der Waals surface area contributed by atoms with Crippen LogP contribution in [-0.2, 0) is 14.8 Å². The van der Waals surface area contributed by atoms with E-state index in [-0.39, 0.29) is 22.9 Å². The third-order valence-corrected chi connectivity index (χ3v) is 6.73. The Bertz CT molecular complexity index is 975. The van der Waals surface area contributed by atoms with Crippen molar-refractivity contribution < 1.29 is 17.9 Å². The third kappa shape index (κ3) is 6.29. The molecule has 1 fully saturated rings. The van der Waals surface area contributed by atoms with Gasteiger partial charge in [0.15, 0.2) is 0 Å². The molecule has 7 nitrogen and oxygen atoms in total. The van der Waals surface area contributed by atoms with Gasteiger partial charge in [-0.05, 0) is 61.7 Å². The average molecular weight is 446 g/mol. The summed E-state index contributed by atoms with van der Waals surface area (Å²) in [6, 6.07) is 14.3. The van der Waals surface area contributed by atoms with Crippen LogP contribution in [0.15, 0.2) is 53.4 Å². The van der Waals surface area contributed by atoms with Crippen LogP contribution in [-0.4, -0.2) is 39.4 Å². The first kappa shape index (κ1) is 23.2.